The second-order valence-electron chi connectivity index (χ2n) is 6.45. The number of benzene rings is 2. The van der Waals surface area contributed by atoms with Gasteiger partial charge in [0.25, 0.3) is 5.91 Å². The van der Waals surface area contributed by atoms with E-state index < -0.39 is 35.3 Å². The van der Waals surface area contributed by atoms with E-state index in [9.17, 15) is 23.2 Å². The first-order chi connectivity index (χ1) is 13.9. The molecule has 0 spiro atoms. The maximum Gasteiger partial charge on any atom is 0.254 e. The molecule has 2 aromatic carbocycles. The molecule has 148 valence electrons. The minimum atomic E-state index is -0.812. The lowest BCUT2D eigenvalue weighted by atomic mass is 10.1. The van der Waals surface area contributed by atoms with Crippen LogP contribution in [0.25, 0.3) is 0 Å². The Balaban J connectivity index is 1.73. The second-order valence-corrected chi connectivity index (χ2v) is 6.45. The van der Waals surface area contributed by atoms with Crippen LogP contribution in [0.15, 0.2) is 42.5 Å². The summed E-state index contributed by atoms with van der Waals surface area (Å²) in [5.74, 6) is -1.42. The van der Waals surface area contributed by atoms with Gasteiger partial charge in [0.1, 0.15) is 11.6 Å². The Kier molecular flexibility index (Phi) is 5.88. The van der Waals surface area contributed by atoms with Crippen LogP contribution in [0.5, 0.6) is 0 Å². The summed E-state index contributed by atoms with van der Waals surface area (Å²) in [6.07, 6.45) is 5.02. The smallest absolute Gasteiger partial charge is 0.254 e. The molecule has 1 unspecified atom stereocenters. The summed E-state index contributed by atoms with van der Waals surface area (Å²) in [5.41, 5.74) is 0.552. The molecule has 0 aromatic heterocycles. The molecule has 2 N–H and O–H groups in total. The first-order valence-corrected chi connectivity index (χ1v) is 8.77. The monoisotopic (exact) mass is 397 g/mol. The molecule has 2 aromatic rings. The predicted octanol–water partition coefficient (Wildman–Crippen LogP) is 2.32. The van der Waals surface area contributed by atoms with Gasteiger partial charge in [0.15, 0.2) is 0 Å². The van der Waals surface area contributed by atoms with Gasteiger partial charge in [-0.05, 0) is 24.3 Å². The molecule has 0 saturated carbocycles. The molecule has 1 aliphatic heterocycles. The average molecular weight is 397 g/mol. The summed E-state index contributed by atoms with van der Waals surface area (Å²) in [6, 6.07) is 9.15. The van der Waals surface area contributed by atoms with Crippen LogP contribution >= 0.6 is 0 Å². The normalized spacial score (nSPS) is 15.7. The molecule has 0 bridgehead atoms. The van der Waals surface area contributed by atoms with Gasteiger partial charge in [-0.25, -0.2) is 8.78 Å². The van der Waals surface area contributed by atoms with Crippen LogP contribution < -0.4 is 15.5 Å². The first kappa shape index (κ1) is 20.0. The molecule has 1 heterocycles. The Labute approximate surface area is 165 Å². The molecular weight excluding hydrogens is 380 g/mol. The van der Waals surface area contributed by atoms with Crippen molar-refractivity contribution in [2.24, 2.45) is 5.92 Å². The molecule has 8 heteroatoms. The molecule has 1 atom stereocenters. The third-order valence-corrected chi connectivity index (χ3v) is 4.44. The van der Waals surface area contributed by atoms with Crippen molar-refractivity contribution < 1.29 is 23.2 Å². The third kappa shape index (κ3) is 4.58. The average Bonchev–Trinajstić information content (AvgIpc) is 3.07. The van der Waals surface area contributed by atoms with E-state index in [2.05, 4.69) is 16.6 Å². The van der Waals surface area contributed by atoms with Gasteiger partial charge >= 0.3 is 0 Å². The minimum Gasteiger partial charge on any atom is -0.341 e. The van der Waals surface area contributed by atoms with Crippen molar-refractivity contribution in [3.8, 4) is 12.3 Å². The molecule has 0 radical (unpaired) electrons. The molecule has 1 fully saturated rings. The van der Waals surface area contributed by atoms with Gasteiger partial charge in [-0.1, -0.05) is 18.1 Å². The van der Waals surface area contributed by atoms with Crippen molar-refractivity contribution in [3.05, 3.63) is 59.7 Å². The van der Waals surface area contributed by atoms with Crippen molar-refractivity contribution in [1.82, 2.24) is 5.32 Å². The van der Waals surface area contributed by atoms with Crippen LogP contribution in [-0.2, 0) is 9.59 Å². The third-order valence-electron chi connectivity index (χ3n) is 4.44. The van der Waals surface area contributed by atoms with E-state index in [0.29, 0.717) is 6.07 Å². The van der Waals surface area contributed by atoms with Gasteiger partial charge in [0.05, 0.1) is 23.7 Å². The Morgan fingerprint density at radius 3 is 2.55 bits per heavy atom. The molecular formula is C21H17F2N3O3. The minimum absolute atomic E-state index is 0.0288. The number of terminal acetylenes is 1. The molecule has 0 aliphatic carbocycles. The van der Waals surface area contributed by atoms with Crippen LogP contribution in [0, 0.1) is 29.9 Å². The molecule has 3 amide bonds. The summed E-state index contributed by atoms with van der Waals surface area (Å²) in [5, 5.41) is 5.16. The van der Waals surface area contributed by atoms with Gasteiger partial charge in [-0.15, -0.1) is 6.42 Å². The molecule has 1 saturated heterocycles. The van der Waals surface area contributed by atoms with Crippen LogP contribution in [0.3, 0.4) is 0 Å². The van der Waals surface area contributed by atoms with E-state index in [1.54, 1.807) is 18.2 Å². The largest absolute Gasteiger partial charge is 0.341 e. The highest BCUT2D eigenvalue weighted by atomic mass is 19.1. The fourth-order valence-corrected chi connectivity index (χ4v) is 3.08. The van der Waals surface area contributed by atoms with Crippen LogP contribution in [0.1, 0.15) is 16.8 Å². The molecule has 6 nitrogen and oxygen atoms in total. The Hall–Kier alpha value is -3.73. The summed E-state index contributed by atoms with van der Waals surface area (Å²) >= 11 is 0. The summed E-state index contributed by atoms with van der Waals surface area (Å²) in [7, 11) is 0. The summed E-state index contributed by atoms with van der Waals surface area (Å²) in [4.78, 5) is 38.3. The van der Waals surface area contributed by atoms with Crippen molar-refractivity contribution in [3.63, 3.8) is 0 Å². The lowest BCUT2D eigenvalue weighted by Gasteiger charge is -2.17. The highest BCUT2D eigenvalue weighted by molar-refractivity contribution is 6.07. The number of rotatable bonds is 5. The Morgan fingerprint density at radius 1 is 1.17 bits per heavy atom. The SMILES string of the molecule is C#CCNC(=O)c1ccccc1NC(=O)C1CC(=O)N(c2cc(F)cc(F)c2)C1. The van der Waals surface area contributed by atoms with Crippen LogP contribution in [0.4, 0.5) is 20.2 Å². The highest BCUT2D eigenvalue weighted by Gasteiger charge is 2.35. The zero-order valence-corrected chi connectivity index (χ0v) is 15.2. The van der Waals surface area contributed by atoms with Gasteiger partial charge in [0.2, 0.25) is 11.8 Å². The number of hydrogen-bond donors (Lipinski definition) is 2. The van der Waals surface area contributed by atoms with Gasteiger partial charge in [-0.3, -0.25) is 14.4 Å². The van der Waals surface area contributed by atoms with Crippen molar-refractivity contribution in [2.75, 3.05) is 23.3 Å². The summed E-state index contributed by atoms with van der Waals surface area (Å²) < 4.78 is 26.9. The van der Waals surface area contributed by atoms with E-state index in [1.807, 2.05) is 0 Å². The highest BCUT2D eigenvalue weighted by Crippen LogP contribution is 2.28. The van der Waals surface area contributed by atoms with Gasteiger partial charge in [-0.2, -0.15) is 0 Å². The molecule has 3 rings (SSSR count). The van der Waals surface area contributed by atoms with Crippen molar-refractivity contribution in [2.45, 2.75) is 6.42 Å². The number of halogens is 2. The molecule has 1 aliphatic rings. The lowest BCUT2D eigenvalue weighted by molar-refractivity contribution is -0.122. The number of nitrogens with one attached hydrogen (secondary N) is 2. The Bertz CT molecular complexity index is 996. The zero-order valence-electron chi connectivity index (χ0n) is 15.2. The fourth-order valence-electron chi connectivity index (χ4n) is 3.08. The standard InChI is InChI=1S/C21H17F2N3O3/c1-2-7-24-21(29)17-5-3-4-6-18(17)25-20(28)13-8-19(27)26(12-13)16-10-14(22)9-15(23)11-16/h1,3-6,9-11,13H,7-8,12H2,(H,24,29)(H,25,28). The first-order valence-electron chi connectivity index (χ1n) is 8.77. The van der Waals surface area contributed by atoms with E-state index in [4.69, 9.17) is 6.42 Å². The van der Waals surface area contributed by atoms with E-state index in [0.717, 1.165) is 12.1 Å². The number of nitrogens with zero attached hydrogens (tertiary/aromatic N) is 1. The number of anilines is 2. The Morgan fingerprint density at radius 2 is 1.86 bits per heavy atom. The van der Waals surface area contributed by atoms with Crippen LogP contribution in [0.2, 0.25) is 0 Å². The van der Waals surface area contributed by atoms with Crippen molar-refractivity contribution in [1.29, 1.82) is 0 Å². The number of hydrogen-bond acceptors (Lipinski definition) is 3. The second kappa shape index (κ2) is 8.52. The number of para-hydroxylation sites is 1. The van der Waals surface area contributed by atoms with Crippen molar-refractivity contribution >= 4 is 29.1 Å². The number of amides is 3. The van der Waals surface area contributed by atoms with Gasteiger partial charge in [0, 0.05) is 24.7 Å². The maximum absolute atomic E-state index is 13.5. The van der Waals surface area contributed by atoms with Gasteiger partial charge < -0.3 is 15.5 Å². The predicted molar refractivity (Wildman–Crippen MR) is 103 cm³/mol. The number of carbonyl (C=O) groups excluding carboxylic acids is 3. The quantitative estimate of drug-likeness (QED) is 0.760. The zero-order chi connectivity index (χ0) is 21.0. The topological polar surface area (TPSA) is 78.5 Å². The summed E-state index contributed by atoms with van der Waals surface area (Å²) in [6.45, 7) is 0.0103. The number of carbonyl (C=O) groups is 3. The fraction of sp³-hybridized carbons (Fsp3) is 0.190. The lowest BCUT2D eigenvalue weighted by Crippen LogP contribution is -2.29. The molecule has 29 heavy (non-hydrogen) atoms. The van der Waals surface area contributed by atoms with E-state index >= 15 is 0 Å². The maximum atomic E-state index is 13.5. The van der Waals surface area contributed by atoms with E-state index in [1.165, 1.54) is 11.0 Å². The van der Waals surface area contributed by atoms with E-state index in [-0.39, 0.29) is 36.4 Å². The van der Waals surface area contributed by atoms with Crippen LogP contribution in [-0.4, -0.2) is 30.8 Å².